The lowest BCUT2D eigenvalue weighted by atomic mass is 10.2. The zero-order valence-corrected chi connectivity index (χ0v) is 11.6. The molecule has 0 aromatic carbocycles. The Hall–Kier alpha value is -0.350. The lowest BCUT2D eigenvalue weighted by Crippen LogP contribution is -2.70. The Morgan fingerprint density at radius 3 is 1.88 bits per heavy atom. The Morgan fingerprint density at radius 1 is 1.31 bits per heavy atom. The highest BCUT2D eigenvalue weighted by Gasteiger charge is 2.48. The SMILES string of the molecule is CC(N(C)C)C(NC=S)(NC=S)S(=O)(=O)O. The third-order valence-electron chi connectivity index (χ3n) is 2.32. The quantitative estimate of drug-likeness (QED) is 0.330. The molecule has 0 rings (SSSR count). The number of nitrogens with zero attached hydrogens (tertiary/aromatic N) is 1. The molecule has 0 aliphatic carbocycles. The first kappa shape index (κ1) is 15.7. The summed E-state index contributed by atoms with van der Waals surface area (Å²) in [6.45, 7) is 1.60. The predicted molar refractivity (Wildman–Crippen MR) is 71.0 cm³/mol. The Kier molecular flexibility index (Phi) is 5.70. The predicted octanol–water partition coefficient (Wildman–Crippen LogP) is -0.428. The van der Waals surface area contributed by atoms with Gasteiger partial charge in [-0.3, -0.25) is 4.55 Å². The average molecular weight is 285 g/mol. The molecule has 16 heavy (non-hydrogen) atoms. The maximum absolute atomic E-state index is 11.5. The molecule has 0 radical (unpaired) electrons. The lowest BCUT2D eigenvalue weighted by molar-refractivity contribution is 0.211. The van der Waals surface area contributed by atoms with E-state index < -0.39 is 21.2 Å². The van der Waals surface area contributed by atoms with Crippen LogP contribution in [0.2, 0.25) is 0 Å². The summed E-state index contributed by atoms with van der Waals surface area (Å²) >= 11 is 9.14. The van der Waals surface area contributed by atoms with Crippen LogP contribution in [0.4, 0.5) is 0 Å². The van der Waals surface area contributed by atoms with Crippen molar-refractivity contribution < 1.29 is 13.0 Å². The molecule has 0 spiro atoms. The second-order valence-corrected chi connectivity index (χ2v) is 5.44. The Balaban J connectivity index is 5.60. The van der Waals surface area contributed by atoms with Gasteiger partial charge in [0.05, 0.1) is 17.0 Å². The normalized spacial score (nSPS) is 14.3. The molecule has 0 saturated heterocycles. The van der Waals surface area contributed by atoms with Crippen molar-refractivity contribution in [2.75, 3.05) is 14.1 Å². The maximum Gasteiger partial charge on any atom is 0.310 e. The molecular formula is C7H15N3O3S3. The Bertz CT molecular complexity index is 345. The van der Waals surface area contributed by atoms with Crippen LogP contribution < -0.4 is 10.6 Å². The highest BCUT2D eigenvalue weighted by Crippen LogP contribution is 2.17. The van der Waals surface area contributed by atoms with Gasteiger partial charge >= 0.3 is 10.1 Å². The number of hydrogen-bond acceptors (Lipinski definition) is 5. The van der Waals surface area contributed by atoms with Crippen LogP contribution in [-0.4, -0.2) is 54.0 Å². The first-order valence-corrected chi connectivity index (χ1v) is 6.67. The van der Waals surface area contributed by atoms with E-state index in [9.17, 15) is 13.0 Å². The third kappa shape index (κ3) is 3.08. The summed E-state index contributed by atoms with van der Waals surface area (Å²) in [5.41, 5.74) is 2.03. The van der Waals surface area contributed by atoms with Crippen LogP contribution in [0.25, 0.3) is 0 Å². The first-order valence-electron chi connectivity index (χ1n) is 4.29. The van der Waals surface area contributed by atoms with Crippen molar-refractivity contribution in [3.05, 3.63) is 0 Å². The summed E-state index contributed by atoms with van der Waals surface area (Å²) in [5.74, 6) is 0. The van der Waals surface area contributed by atoms with Crippen molar-refractivity contribution in [1.82, 2.24) is 15.5 Å². The van der Waals surface area contributed by atoms with Gasteiger partial charge in [-0.1, -0.05) is 24.4 Å². The highest BCUT2D eigenvalue weighted by atomic mass is 32.2. The van der Waals surface area contributed by atoms with Crippen LogP contribution in [0, 0.1) is 0 Å². The van der Waals surface area contributed by atoms with E-state index >= 15 is 0 Å². The topological polar surface area (TPSA) is 81.7 Å². The second-order valence-electron chi connectivity index (χ2n) is 3.37. The van der Waals surface area contributed by atoms with Crippen LogP contribution in [0.1, 0.15) is 6.92 Å². The van der Waals surface area contributed by atoms with Crippen molar-refractivity contribution in [1.29, 1.82) is 0 Å². The zero-order chi connectivity index (χ0) is 13.0. The van der Waals surface area contributed by atoms with E-state index in [1.807, 2.05) is 0 Å². The van der Waals surface area contributed by atoms with E-state index in [1.165, 1.54) is 0 Å². The van der Waals surface area contributed by atoms with E-state index in [0.717, 1.165) is 11.0 Å². The van der Waals surface area contributed by atoms with Crippen molar-refractivity contribution in [3.8, 4) is 0 Å². The molecule has 3 N–H and O–H groups in total. The van der Waals surface area contributed by atoms with Crippen LogP contribution in [-0.2, 0) is 10.1 Å². The molecule has 0 bridgehead atoms. The minimum atomic E-state index is -4.45. The summed E-state index contributed by atoms with van der Waals surface area (Å²) < 4.78 is 32.2. The molecular weight excluding hydrogens is 270 g/mol. The molecule has 1 unspecified atom stereocenters. The van der Waals surface area contributed by atoms with Gasteiger partial charge in [0.25, 0.3) is 4.99 Å². The molecule has 0 saturated carbocycles. The highest BCUT2D eigenvalue weighted by molar-refractivity contribution is 7.87. The van der Waals surface area contributed by atoms with Crippen molar-refractivity contribution in [2.24, 2.45) is 0 Å². The average Bonchev–Trinajstić information content (AvgIpc) is 2.14. The largest absolute Gasteiger partial charge is 0.344 e. The number of likely N-dealkylation sites (N-methyl/N-ethyl adjacent to an activating group) is 1. The minimum absolute atomic E-state index is 0.610. The summed E-state index contributed by atoms with van der Waals surface area (Å²) in [6, 6.07) is -0.610. The fraction of sp³-hybridized carbons (Fsp3) is 0.714. The van der Waals surface area contributed by atoms with E-state index in [-0.39, 0.29) is 0 Å². The molecule has 0 fully saturated rings. The van der Waals surface area contributed by atoms with Gasteiger partial charge in [-0.15, -0.1) is 0 Å². The fourth-order valence-corrected chi connectivity index (χ4v) is 2.76. The number of rotatable bonds is 7. The van der Waals surface area contributed by atoms with Crippen molar-refractivity contribution >= 4 is 45.5 Å². The minimum Gasteiger partial charge on any atom is -0.344 e. The van der Waals surface area contributed by atoms with E-state index in [2.05, 4.69) is 35.1 Å². The smallest absolute Gasteiger partial charge is 0.310 e. The van der Waals surface area contributed by atoms with Crippen LogP contribution in [0.15, 0.2) is 0 Å². The van der Waals surface area contributed by atoms with Crippen molar-refractivity contribution in [2.45, 2.75) is 18.0 Å². The molecule has 0 aliphatic rings. The molecule has 94 valence electrons. The van der Waals surface area contributed by atoms with E-state index in [1.54, 1.807) is 25.9 Å². The molecule has 1 atom stereocenters. The summed E-state index contributed by atoms with van der Waals surface area (Å²) in [5, 5.41) is 4.84. The van der Waals surface area contributed by atoms with Gasteiger partial charge in [0.1, 0.15) is 0 Å². The van der Waals surface area contributed by atoms with Gasteiger partial charge in [0.15, 0.2) is 0 Å². The maximum atomic E-state index is 11.5. The van der Waals surface area contributed by atoms with Crippen LogP contribution >= 0.6 is 24.4 Å². The van der Waals surface area contributed by atoms with Gasteiger partial charge in [-0.25, -0.2) is 0 Å². The second kappa shape index (κ2) is 5.82. The molecule has 9 heteroatoms. The standard InChI is InChI=1S/C7H15N3O3S3/c1-6(10(2)3)7(8-4-14,9-5-15)16(11,12)13/h4-6H,1-3H3,(H,8,14)(H,9,15)(H,11,12,13). The molecule has 0 amide bonds. The summed E-state index contributed by atoms with van der Waals surface area (Å²) in [6.07, 6.45) is 0. The zero-order valence-electron chi connectivity index (χ0n) is 9.17. The summed E-state index contributed by atoms with van der Waals surface area (Å²) in [7, 11) is -1.12. The lowest BCUT2D eigenvalue weighted by Gasteiger charge is -2.38. The molecule has 0 aliphatic heterocycles. The first-order chi connectivity index (χ1) is 7.23. The van der Waals surface area contributed by atoms with Gasteiger partial charge in [0.2, 0.25) is 0 Å². The van der Waals surface area contributed by atoms with Gasteiger partial charge in [-0.2, -0.15) is 8.42 Å². The fourth-order valence-electron chi connectivity index (χ4n) is 1.19. The van der Waals surface area contributed by atoms with Crippen LogP contribution in [0.3, 0.4) is 0 Å². The molecule has 0 aromatic rings. The third-order valence-corrected chi connectivity index (χ3v) is 3.94. The number of thiocarbonyl (C=S) groups is 2. The Morgan fingerprint density at radius 2 is 1.69 bits per heavy atom. The van der Waals surface area contributed by atoms with Gasteiger partial charge in [0, 0.05) is 0 Å². The monoisotopic (exact) mass is 285 g/mol. The van der Waals surface area contributed by atoms with Crippen LogP contribution in [0.5, 0.6) is 0 Å². The number of nitrogens with one attached hydrogen (secondary N) is 2. The molecule has 0 heterocycles. The van der Waals surface area contributed by atoms with Crippen molar-refractivity contribution in [3.63, 3.8) is 0 Å². The van der Waals surface area contributed by atoms with Gasteiger partial charge in [-0.05, 0) is 21.0 Å². The van der Waals surface area contributed by atoms with E-state index in [0.29, 0.717) is 0 Å². The number of hydrogen-bond donors (Lipinski definition) is 3. The molecule has 0 aromatic heterocycles. The van der Waals surface area contributed by atoms with E-state index in [4.69, 9.17) is 0 Å². The molecule has 6 nitrogen and oxygen atoms in total. The van der Waals surface area contributed by atoms with Gasteiger partial charge < -0.3 is 15.5 Å². The Labute approximate surface area is 106 Å². The summed E-state index contributed by atoms with van der Waals surface area (Å²) in [4.78, 5) is -0.245.